The third kappa shape index (κ3) is 4.51. The molecule has 164 valence electrons. The van der Waals surface area contributed by atoms with Gasteiger partial charge in [-0.05, 0) is 55.2 Å². The summed E-state index contributed by atoms with van der Waals surface area (Å²) in [5, 5.41) is 4.06. The van der Waals surface area contributed by atoms with Gasteiger partial charge in [-0.2, -0.15) is 4.31 Å². The number of amides is 1. The number of sulfonamides is 1. The second-order valence-corrected chi connectivity index (χ2v) is 9.77. The molecule has 8 heteroatoms. The zero-order valence-corrected chi connectivity index (χ0v) is 18.6. The van der Waals surface area contributed by atoms with Crippen LogP contribution in [0.3, 0.4) is 0 Å². The summed E-state index contributed by atoms with van der Waals surface area (Å²) in [6.45, 7) is 5.66. The number of nitrogens with one attached hydrogen (secondary N) is 2. The lowest BCUT2D eigenvalue weighted by Gasteiger charge is -2.26. The van der Waals surface area contributed by atoms with Crippen molar-refractivity contribution < 1.29 is 17.9 Å². The molecular formula is C23H27N3O4S. The van der Waals surface area contributed by atoms with Gasteiger partial charge in [-0.15, -0.1) is 0 Å². The number of morpholine rings is 1. The van der Waals surface area contributed by atoms with Crippen LogP contribution in [-0.2, 0) is 21.2 Å². The molecule has 0 bridgehead atoms. The molecule has 0 unspecified atom stereocenters. The van der Waals surface area contributed by atoms with Gasteiger partial charge in [0.15, 0.2) is 0 Å². The number of H-pyrrole nitrogens is 1. The average molecular weight is 442 g/mol. The largest absolute Gasteiger partial charge is 0.379 e. The van der Waals surface area contributed by atoms with E-state index in [1.165, 1.54) is 15.9 Å². The second kappa shape index (κ2) is 8.82. The number of aromatic amines is 1. The SMILES string of the molecule is Cc1ccc2c(CCNC(=O)c3ccc(C)c(S(=O)(=O)N4CCOCC4)c3)c[nH]c2c1. The van der Waals surface area contributed by atoms with Crippen molar-refractivity contribution in [3.05, 3.63) is 64.8 Å². The first-order valence-electron chi connectivity index (χ1n) is 10.4. The van der Waals surface area contributed by atoms with Crippen molar-refractivity contribution in [2.75, 3.05) is 32.8 Å². The van der Waals surface area contributed by atoms with Gasteiger partial charge in [0.1, 0.15) is 0 Å². The maximum Gasteiger partial charge on any atom is 0.251 e. The minimum Gasteiger partial charge on any atom is -0.379 e. The van der Waals surface area contributed by atoms with Gasteiger partial charge in [-0.25, -0.2) is 8.42 Å². The molecule has 0 aliphatic carbocycles. The molecule has 1 saturated heterocycles. The van der Waals surface area contributed by atoms with Crippen molar-refractivity contribution in [1.29, 1.82) is 0 Å². The predicted octanol–water partition coefficient (Wildman–Crippen LogP) is 2.78. The summed E-state index contributed by atoms with van der Waals surface area (Å²) in [7, 11) is -3.66. The fourth-order valence-electron chi connectivity index (χ4n) is 3.87. The van der Waals surface area contributed by atoms with Crippen LogP contribution in [0.25, 0.3) is 10.9 Å². The molecule has 0 atom stereocenters. The summed E-state index contributed by atoms with van der Waals surface area (Å²) < 4.78 is 32.7. The van der Waals surface area contributed by atoms with Crippen molar-refractivity contribution in [2.24, 2.45) is 0 Å². The second-order valence-electron chi connectivity index (χ2n) is 7.87. The Morgan fingerprint density at radius 1 is 1.13 bits per heavy atom. The number of fused-ring (bicyclic) bond motifs is 1. The van der Waals surface area contributed by atoms with E-state index in [0.29, 0.717) is 50.4 Å². The van der Waals surface area contributed by atoms with E-state index in [1.54, 1.807) is 19.1 Å². The first-order valence-corrected chi connectivity index (χ1v) is 11.8. The molecule has 2 heterocycles. The van der Waals surface area contributed by atoms with Crippen LogP contribution in [0.1, 0.15) is 27.0 Å². The van der Waals surface area contributed by atoms with Crippen molar-refractivity contribution >= 4 is 26.8 Å². The highest BCUT2D eigenvalue weighted by molar-refractivity contribution is 7.89. The van der Waals surface area contributed by atoms with Gasteiger partial charge in [0.05, 0.1) is 18.1 Å². The first kappa shape index (κ1) is 21.5. The maximum atomic E-state index is 13.0. The normalized spacial score (nSPS) is 15.3. The van der Waals surface area contributed by atoms with Gasteiger partial charge in [0.2, 0.25) is 10.0 Å². The number of ether oxygens (including phenoxy) is 1. The van der Waals surface area contributed by atoms with Crippen LogP contribution in [0, 0.1) is 13.8 Å². The first-order chi connectivity index (χ1) is 14.9. The summed E-state index contributed by atoms with van der Waals surface area (Å²) in [6.07, 6.45) is 2.65. The van der Waals surface area contributed by atoms with Gasteiger partial charge in [0, 0.05) is 42.3 Å². The molecule has 0 spiro atoms. The lowest BCUT2D eigenvalue weighted by molar-refractivity contribution is 0.0730. The summed E-state index contributed by atoms with van der Waals surface area (Å²) in [5.74, 6) is -0.283. The number of benzene rings is 2. The monoisotopic (exact) mass is 441 g/mol. The Balaban J connectivity index is 1.45. The molecule has 3 aromatic rings. The fourth-order valence-corrected chi connectivity index (χ4v) is 5.52. The van der Waals surface area contributed by atoms with Crippen LogP contribution >= 0.6 is 0 Å². The maximum absolute atomic E-state index is 13.0. The minimum atomic E-state index is -3.66. The summed E-state index contributed by atoms with van der Waals surface area (Å²) in [4.78, 5) is 16.1. The van der Waals surface area contributed by atoms with Gasteiger partial charge < -0.3 is 15.0 Å². The Bertz CT molecular complexity index is 1210. The number of hydrogen-bond acceptors (Lipinski definition) is 4. The number of nitrogens with zero attached hydrogens (tertiary/aromatic N) is 1. The van der Waals surface area contributed by atoms with E-state index in [-0.39, 0.29) is 10.8 Å². The highest BCUT2D eigenvalue weighted by Gasteiger charge is 2.28. The third-order valence-electron chi connectivity index (χ3n) is 5.64. The van der Waals surface area contributed by atoms with Crippen molar-refractivity contribution in [3.63, 3.8) is 0 Å². The van der Waals surface area contributed by atoms with E-state index in [2.05, 4.69) is 35.4 Å². The molecule has 31 heavy (non-hydrogen) atoms. The van der Waals surface area contributed by atoms with E-state index < -0.39 is 10.0 Å². The molecular weight excluding hydrogens is 414 g/mol. The molecule has 1 fully saturated rings. The van der Waals surface area contributed by atoms with Crippen LogP contribution in [0.4, 0.5) is 0 Å². The quantitative estimate of drug-likeness (QED) is 0.615. The van der Waals surface area contributed by atoms with Crippen LogP contribution in [-0.4, -0.2) is 56.5 Å². The Morgan fingerprint density at radius 3 is 2.68 bits per heavy atom. The standard InChI is InChI=1S/C23H27N3O4S/c1-16-3-6-20-19(15-25-21(20)13-16)7-8-24-23(27)18-5-4-17(2)22(14-18)31(28,29)26-9-11-30-12-10-26/h3-6,13-15,25H,7-12H2,1-2H3,(H,24,27). The summed E-state index contributed by atoms with van der Waals surface area (Å²) in [6, 6.07) is 11.1. The van der Waals surface area contributed by atoms with Crippen molar-refractivity contribution in [1.82, 2.24) is 14.6 Å². The Labute approximate surface area is 182 Å². The topological polar surface area (TPSA) is 91.5 Å². The Morgan fingerprint density at radius 2 is 1.90 bits per heavy atom. The van der Waals surface area contributed by atoms with Gasteiger partial charge in [-0.1, -0.05) is 18.2 Å². The Kier molecular flexibility index (Phi) is 6.13. The highest BCUT2D eigenvalue weighted by atomic mass is 32.2. The van der Waals surface area contributed by atoms with E-state index in [1.807, 2.05) is 6.20 Å². The molecule has 2 aromatic carbocycles. The van der Waals surface area contributed by atoms with Crippen LogP contribution < -0.4 is 5.32 Å². The van der Waals surface area contributed by atoms with E-state index in [4.69, 9.17) is 4.74 Å². The molecule has 0 saturated carbocycles. The van der Waals surface area contributed by atoms with E-state index >= 15 is 0 Å². The highest BCUT2D eigenvalue weighted by Crippen LogP contribution is 2.23. The number of rotatable bonds is 6. The van der Waals surface area contributed by atoms with E-state index in [9.17, 15) is 13.2 Å². The molecule has 1 amide bonds. The number of aromatic nitrogens is 1. The number of aryl methyl sites for hydroxylation is 2. The molecule has 1 aliphatic rings. The van der Waals surface area contributed by atoms with Crippen LogP contribution in [0.15, 0.2) is 47.5 Å². The van der Waals surface area contributed by atoms with Gasteiger partial charge in [-0.3, -0.25) is 4.79 Å². The Hall–Kier alpha value is -2.68. The van der Waals surface area contributed by atoms with Crippen molar-refractivity contribution in [3.8, 4) is 0 Å². The lowest BCUT2D eigenvalue weighted by atomic mass is 10.1. The molecule has 4 rings (SSSR count). The zero-order valence-electron chi connectivity index (χ0n) is 17.8. The molecule has 1 aliphatic heterocycles. The van der Waals surface area contributed by atoms with Gasteiger partial charge >= 0.3 is 0 Å². The summed E-state index contributed by atoms with van der Waals surface area (Å²) in [5.41, 5.74) is 4.37. The number of carbonyl (C=O) groups excluding carboxylic acids is 1. The molecule has 0 radical (unpaired) electrons. The average Bonchev–Trinajstić information content (AvgIpc) is 3.16. The number of hydrogen-bond donors (Lipinski definition) is 2. The third-order valence-corrected chi connectivity index (χ3v) is 7.68. The molecule has 2 N–H and O–H groups in total. The van der Waals surface area contributed by atoms with Crippen molar-refractivity contribution in [2.45, 2.75) is 25.2 Å². The summed E-state index contributed by atoms with van der Waals surface area (Å²) >= 11 is 0. The van der Waals surface area contributed by atoms with Gasteiger partial charge in [0.25, 0.3) is 5.91 Å². The molecule has 1 aromatic heterocycles. The number of carbonyl (C=O) groups is 1. The fraction of sp³-hybridized carbons (Fsp3) is 0.348. The minimum absolute atomic E-state index is 0.175. The van der Waals surface area contributed by atoms with E-state index in [0.717, 1.165) is 16.5 Å². The van der Waals surface area contributed by atoms with Crippen LogP contribution in [0.5, 0.6) is 0 Å². The van der Waals surface area contributed by atoms with Crippen LogP contribution in [0.2, 0.25) is 0 Å². The smallest absolute Gasteiger partial charge is 0.251 e. The zero-order chi connectivity index (χ0) is 22.0. The lowest BCUT2D eigenvalue weighted by Crippen LogP contribution is -2.41. The predicted molar refractivity (Wildman–Crippen MR) is 120 cm³/mol. The molecule has 7 nitrogen and oxygen atoms in total.